The molecule has 1 fully saturated rings. The molecule has 1 aliphatic rings. The molecule has 1 rings (SSSR count). The molecule has 0 aromatic rings. The van der Waals surface area contributed by atoms with Crippen LogP contribution in [0.4, 0.5) is 0 Å². The standard InChI is InChI=1S/C11H20BrNO/c1-3-11(2,8-12)13-10(14)7-9-5-4-6-9/h9H,3-8H2,1-2H3,(H,13,14). The average Bonchev–Trinajstić information content (AvgIpc) is 2.11. The Morgan fingerprint density at radius 1 is 1.57 bits per heavy atom. The van der Waals surface area contributed by atoms with Gasteiger partial charge in [0.1, 0.15) is 0 Å². The first-order valence-corrected chi connectivity index (χ1v) is 6.59. The first kappa shape index (κ1) is 12.0. The molecular formula is C11H20BrNO. The summed E-state index contributed by atoms with van der Waals surface area (Å²) in [7, 11) is 0. The van der Waals surface area contributed by atoms with Gasteiger partial charge in [-0.3, -0.25) is 4.79 Å². The second kappa shape index (κ2) is 5.15. The minimum atomic E-state index is -0.0686. The molecule has 3 heteroatoms. The highest BCUT2D eigenvalue weighted by atomic mass is 79.9. The summed E-state index contributed by atoms with van der Waals surface area (Å²) in [6, 6.07) is 0. The van der Waals surface area contributed by atoms with E-state index in [1.807, 2.05) is 0 Å². The van der Waals surface area contributed by atoms with Crippen LogP contribution in [-0.4, -0.2) is 16.8 Å². The van der Waals surface area contributed by atoms with Gasteiger partial charge in [0.05, 0.1) is 0 Å². The fraction of sp³-hybridized carbons (Fsp3) is 0.909. The van der Waals surface area contributed by atoms with Crippen LogP contribution in [0, 0.1) is 5.92 Å². The van der Waals surface area contributed by atoms with Gasteiger partial charge in [-0.05, 0) is 32.1 Å². The van der Waals surface area contributed by atoms with E-state index in [-0.39, 0.29) is 11.4 Å². The molecule has 0 spiro atoms. The molecule has 0 aliphatic heterocycles. The largest absolute Gasteiger partial charge is 0.350 e. The van der Waals surface area contributed by atoms with Crippen molar-refractivity contribution < 1.29 is 4.79 Å². The van der Waals surface area contributed by atoms with Crippen molar-refractivity contribution in [2.24, 2.45) is 5.92 Å². The quantitative estimate of drug-likeness (QED) is 0.758. The molecule has 2 nitrogen and oxygen atoms in total. The average molecular weight is 262 g/mol. The van der Waals surface area contributed by atoms with Gasteiger partial charge in [0.2, 0.25) is 5.91 Å². The Balaban J connectivity index is 2.30. The molecule has 1 unspecified atom stereocenters. The maximum Gasteiger partial charge on any atom is 0.220 e. The number of halogens is 1. The zero-order valence-corrected chi connectivity index (χ0v) is 10.7. The lowest BCUT2D eigenvalue weighted by Crippen LogP contribution is -2.47. The van der Waals surface area contributed by atoms with Crippen molar-refractivity contribution in [2.75, 3.05) is 5.33 Å². The number of nitrogens with one attached hydrogen (secondary N) is 1. The summed E-state index contributed by atoms with van der Waals surface area (Å²) < 4.78 is 0. The molecule has 0 heterocycles. The fourth-order valence-electron chi connectivity index (χ4n) is 1.56. The normalized spacial score (nSPS) is 21.1. The minimum Gasteiger partial charge on any atom is -0.350 e. The van der Waals surface area contributed by atoms with Gasteiger partial charge in [-0.15, -0.1) is 0 Å². The number of carbonyl (C=O) groups excluding carboxylic acids is 1. The van der Waals surface area contributed by atoms with Crippen LogP contribution in [0.25, 0.3) is 0 Å². The van der Waals surface area contributed by atoms with Crippen LogP contribution < -0.4 is 5.32 Å². The summed E-state index contributed by atoms with van der Waals surface area (Å²) in [5.74, 6) is 0.880. The summed E-state index contributed by atoms with van der Waals surface area (Å²) in [6.07, 6.45) is 5.48. The van der Waals surface area contributed by atoms with E-state index in [9.17, 15) is 4.79 Å². The highest BCUT2D eigenvalue weighted by Gasteiger charge is 2.26. The van der Waals surface area contributed by atoms with E-state index in [0.717, 1.165) is 18.2 Å². The molecule has 0 bridgehead atoms. The molecule has 1 atom stereocenters. The Labute approximate surface area is 95.0 Å². The summed E-state index contributed by atoms with van der Waals surface area (Å²) in [4.78, 5) is 11.6. The molecule has 0 aromatic carbocycles. The number of alkyl halides is 1. The molecule has 1 amide bonds. The lowest BCUT2D eigenvalue weighted by atomic mass is 9.82. The summed E-state index contributed by atoms with van der Waals surface area (Å²) in [6.45, 7) is 4.19. The maximum atomic E-state index is 11.6. The third-order valence-electron chi connectivity index (χ3n) is 3.22. The van der Waals surface area contributed by atoms with Gasteiger partial charge in [0, 0.05) is 17.3 Å². The predicted molar refractivity (Wildman–Crippen MR) is 62.6 cm³/mol. The van der Waals surface area contributed by atoms with Crippen molar-refractivity contribution in [2.45, 2.75) is 51.5 Å². The van der Waals surface area contributed by atoms with E-state index in [1.165, 1.54) is 19.3 Å². The fourth-order valence-corrected chi connectivity index (χ4v) is 2.10. The summed E-state index contributed by atoms with van der Waals surface area (Å²) >= 11 is 3.44. The Morgan fingerprint density at radius 2 is 2.21 bits per heavy atom. The van der Waals surface area contributed by atoms with E-state index in [0.29, 0.717) is 5.92 Å². The van der Waals surface area contributed by atoms with Crippen molar-refractivity contribution in [3.63, 3.8) is 0 Å². The van der Waals surface area contributed by atoms with E-state index >= 15 is 0 Å². The van der Waals surface area contributed by atoms with Gasteiger partial charge >= 0.3 is 0 Å². The van der Waals surface area contributed by atoms with Crippen LogP contribution >= 0.6 is 15.9 Å². The zero-order chi connectivity index (χ0) is 10.6. The number of rotatable bonds is 5. The third-order valence-corrected chi connectivity index (χ3v) is 4.45. The van der Waals surface area contributed by atoms with Crippen molar-refractivity contribution in [1.82, 2.24) is 5.32 Å². The van der Waals surface area contributed by atoms with Crippen LogP contribution in [-0.2, 0) is 4.79 Å². The maximum absolute atomic E-state index is 11.6. The smallest absolute Gasteiger partial charge is 0.220 e. The highest BCUT2D eigenvalue weighted by Crippen LogP contribution is 2.29. The van der Waals surface area contributed by atoms with Crippen LogP contribution in [0.5, 0.6) is 0 Å². The van der Waals surface area contributed by atoms with Gasteiger partial charge in [0.25, 0.3) is 0 Å². The molecule has 0 radical (unpaired) electrons. The molecule has 82 valence electrons. The van der Waals surface area contributed by atoms with E-state index in [2.05, 4.69) is 35.1 Å². The topological polar surface area (TPSA) is 29.1 Å². The van der Waals surface area contributed by atoms with Crippen LogP contribution in [0.15, 0.2) is 0 Å². The summed E-state index contributed by atoms with van der Waals surface area (Å²) in [5.41, 5.74) is -0.0686. The lowest BCUT2D eigenvalue weighted by molar-refractivity contribution is -0.124. The minimum absolute atomic E-state index is 0.0686. The third kappa shape index (κ3) is 3.26. The SMILES string of the molecule is CCC(C)(CBr)NC(=O)CC1CCC1. The number of hydrogen-bond donors (Lipinski definition) is 1. The zero-order valence-electron chi connectivity index (χ0n) is 9.11. The van der Waals surface area contributed by atoms with Crippen molar-refractivity contribution in [1.29, 1.82) is 0 Å². The number of carbonyl (C=O) groups is 1. The van der Waals surface area contributed by atoms with E-state index in [4.69, 9.17) is 0 Å². The van der Waals surface area contributed by atoms with E-state index in [1.54, 1.807) is 0 Å². The van der Waals surface area contributed by atoms with Crippen LogP contribution in [0.2, 0.25) is 0 Å². The van der Waals surface area contributed by atoms with Gasteiger partial charge in [0.15, 0.2) is 0 Å². The Bertz CT molecular complexity index is 197. The Kier molecular flexibility index (Phi) is 4.42. The number of hydrogen-bond acceptors (Lipinski definition) is 1. The van der Waals surface area contributed by atoms with Crippen molar-refractivity contribution in [3.8, 4) is 0 Å². The first-order valence-electron chi connectivity index (χ1n) is 5.46. The molecule has 0 aromatic heterocycles. The summed E-state index contributed by atoms with van der Waals surface area (Å²) in [5, 5.41) is 3.93. The Hall–Kier alpha value is -0.0500. The predicted octanol–water partition coefficient (Wildman–Crippen LogP) is 2.86. The van der Waals surface area contributed by atoms with Crippen molar-refractivity contribution >= 4 is 21.8 Å². The van der Waals surface area contributed by atoms with Crippen LogP contribution in [0.3, 0.4) is 0 Å². The number of amides is 1. The molecule has 14 heavy (non-hydrogen) atoms. The molecule has 1 N–H and O–H groups in total. The second-order valence-electron chi connectivity index (χ2n) is 4.60. The highest BCUT2D eigenvalue weighted by molar-refractivity contribution is 9.09. The first-order chi connectivity index (χ1) is 6.59. The van der Waals surface area contributed by atoms with Gasteiger partial charge in [-0.1, -0.05) is 29.3 Å². The van der Waals surface area contributed by atoms with Gasteiger partial charge < -0.3 is 5.32 Å². The Morgan fingerprint density at radius 3 is 2.57 bits per heavy atom. The molecule has 1 saturated carbocycles. The second-order valence-corrected chi connectivity index (χ2v) is 5.16. The molecule has 1 aliphatic carbocycles. The van der Waals surface area contributed by atoms with Crippen LogP contribution in [0.1, 0.15) is 46.0 Å². The van der Waals surface area contributed by atoms with Crippen molar-refractivity contribution in [3.05, 3.63) is 0 Å². The lowest BCUT2D eigenvalue weighted by Gasteiger charge is -2.30. The van der Waals surface area contributed by atoms with Gasteiger partial charge in [-0.2, -0.15) is 0 Å². The van der Waals surface area contributed by atoms with E-state index < -0.39 is 0 Å². The molecular weight excluding hydrogens is 242 g/mol. The monoisotopic (exact) mass is 261 g/mol. The molecule has 0 saturated heterocycles. The van der Waals surface area contributed by atoms with Gasteiger partial charge in [-0.25, -0.2) is 0 Å².